The van der Waals surface area contributed by atoms with Gasteiger partial charge >= 0.3 is 5.97 Å². The van der Waals surface area contributed by atoms with Gasteiger partial charge < -0.3 is 5.11 Å². The van der Waals surface area contributed by atoms with Crippen LogP contribution < -0.4 is 0 Å². The fourth-order valence-corrected chi connectivity index (χ4v) is 1.80. The lowest BCUT2D eigenvalue weighted by Gasteiger charge is -2.07. The Labute approximate surface area is 101 Å². The Bertz CT molecular complexity index is 495. The third-order valence-corrected chi connectivity index (χ3v) is 2.96. The second kappa shape index (κ2) is 5.00. The summed E-state index contributed by atoms with van der Waals surface area (Å²) in [7, 11) is 0. The van der Waals surface area contributed by atoms with Gasteiger partial charge in [0.05, 0.1) is 5.75 Å². The first-order valence-electron chi connectivity index (χ1n) is 4.93. The number of aliphatic carboxylic acids is 1. The van der Waals surface area contributed by atoms with Gasteiger partial charge in [-0.05, 0) is 13.0 Å². The Morgan fingerprint density at radius 2 is 2.53 bits per heavy atom. The lowest BCUT2D eigenvalue weighted by molar-refractivity contribution is -0.133. The Hall–Kier alpha value is -1.83. The van der Waals surface area contributed by atoms with Crippen LogP contribution in [0.4, 0.5) is 0 Å². The van der Waals surface area contributed by atoms with E-state index in [4.69, 9.17) is 5.11 Å². The van der Waals surface area contributed by atoms with Crippen molar-refractivity contribution >= 4 is 17.7 Å². The number of H-pyrrole nitrogens is 1. The van der Waals surface area contributed by atoms with Gasteiger partial charge in [0, 0.05) is 12.4 Å². The maximum Gasteiger partial charge on any atom is 0.313 e. The van der Waals surface area contributed by atoms with Gasteiger partial charge in [-0.2, -0.15) is 5.10 Å². The molecule has 0 saturated heterocycles. The molecule has 0 aliphatic rings. The van der Waals surface area contributed by atoms with Crippen LogP contribution in [0.1, 0.15) is 18.8 Å². The number of aromatic nitrogens is 5. The molecule has 0 spiro atoms. The zero-order valence-corrected chi connectivity index (χ0v) is 9.89. The predicted octanol–water partition coefficient (Wildman–Crippen LogP) is 0.787. The van der Waals surface area contributed by atoms with Gasteiger partial charge in [0.15, 0.2) is 0 Å². The van der Waals surface area contributed by atoms with E-state index in [9.17, 15) is 4.79 Å². The minimum absolute atomic E-state index is 0.0482. The van der Waals surface area contributed by atoms with Crippen molar-refractivity contribution in [1.29, 1.82) is 0 Å². The van der Waals surface area contributed by atoms with Crippen LogP contribution in [0.25, 0.3) is 0 Å². The predicted molar refractivity (Wildman–Crippen MR) is 60.8 cm³/mol. The van der Waals surface area contributed by atoms with Crippen molar-refractivity contribution in [2.24, 2.45) is 0 Å². The van der Waals surface area contributed by atoms with E-state index in [-0.39, 0.29) is 11.8 Å². The van der Waals surface area contributed by atoms with Crippen LogP contribution >= 0.6 is 11.8 Å². The van der Waals surface area contributed by atoms with Crippen molar-refractivity contribution in [3.05, 3.63) is 24.3 Å². The summed E-state index contributed by atoms with van der Waals surface area (Å²) in [6.07, 6.45) is 3.52. The van der Waals surface area contributed by atoms with Crippen LogP contribution in [0.2, 0.25) is 0 Å². The van der Waals surface area contributed by atoms with E-state index in [1.54, 1.807) is 10.9 Å². The summed E-state index contributed by atoms with van der Waals surface area (Å²) in [5.41, 5.74) is 0. The zero-order chi connectivity index (χ0) is 12.3. The standard InChI is InChI=1S/C9H11N5O2S/c1-6(14-4-2-3-10-14)8-11-9(13-12-8)17-5-7(15)16/h2-4,6H,5H2,1H3,(H,15,16)(H,11,12,13). The Kier molecular flexibility index (Phi) is 3.43. The highest BCUT2D eigenvalue weighted by Crippen LogP contribution is 2.17. The fraction of sp³-hybridized carbons (Fsp3) is 0.333. The summed E-state index contributed by atoms with van der Waals surface area (Å²) < 4.78 is 1.74. The Morgan fingerprint density at radius 1 is 1.71 bits per heavy atom. The van der Waals surface area contributed by atoms with Crippen LogP contribution in [0, 0.1) is 0 Å². The molecule has 7 nitrogen and oxygen atoms in total. The monoisotopic (exact) mass is 253 g/mol. The highest BCUT2D eigenvalue weighted by Gasteiger charge is 2.13. The molecule has 8 heteroatoms. The topological polar surface area (TPSA) is 96.7 Å². The molecule has 0 radical (unpaired) electrons. The summed E-state index contributed by atoms with van der Waals surface area (Å²) in [5.74, 6) is -0.281. The molecule has 2 aromatic rings. The van der Waals surface area contributed by atoms with E-state index in [1.165, 1.54) is 0 Å². The zero-order valence-electron chi connectivity index (χ0n) is 9.07. The van der Waals surface area contributed by atoms with E-state index >= 15 is 0 Å². The third kappa shape index (κ3) is 2.84. The Balaban J connectivity index is 2.05. The summed E-state index contributed by atoms with van der Waals surface area (Å²) in [6.45, 7) is 1.93. The first-order chi connectivity index (χ1) is 8.16. The number of carboxylic acids is 1. The number of hydrogen-bond donors (Lipinski definition) is 2. The molecular formula is C9H11N5O2S. The molecule has 0 saturated carbocycles. The number of aromatic amines is 1. The van der Waals surface area contributed by atoms with Crippen LogP contribution in [0.15, 0.2) is 23.6 Å². The molecule has 0 bridgehead atoms. The van der Waals surface area contributed by atoms with Crippen LogP contribution in [0.3, 0.4) is 0 Å². The molecule has 2 N–H and O–H groups in total. The summed E-state index contributed by atoms with van der Waals surface area (Å²) in [4.78, 5) is 14.6. The lowest BCUT2D eigenvalue weighted by atomic mass is 10.3. The van der Waals surface area contributed by atoms with Gasteiger partial charge in [-0.1, -0.05) is 11.8 Å². The second-order valence-corrected chi connectivity index (χ2v) is 4.29. The molecule has 2 rings (SSSR count). The van der Waals surface area contributed by atoms with Crippen molar-refractivity contribution in [2.75, 3.05) is 5.75 Å². The van der Waals surface area contributed by atoms with E-state index in [1.807, 2.05) is 19.2 Å². The van der Waals surface area contributed by atoms with Crippen LogP contribution in [0.5, 0.6) is 0 Å². The Morgan fingerprint density at radius 3 is 3.18 bits per heavy atom. The molecular weight excluding hydrogens is 242 g/mol. The van der Waals surface area contributed by atoms with Gasteiger partial charge in [0.2, 0.25) is 5.16 Å². The summed E-state index contributed by atoms with van der Waals surface area (Å²) in [6, 6.07) is 1.77. The van der Waals surface area contributed by atoms with Crippen molar-refractivity contribution in [3.8, 4) is 0 Å². The first-order valence-corrected chi connectivity index (χ1v) is 5.91. The van der Waals surface area contributed by atoms with Gasteiger partial charge in [-0.25, -0.2) is 4.98 Å². The number of nitrogens with zero attached hydrogens (tertiary/aromatic N) is 4. The van der Waals surface area contributed by atoms with Gasteiger partial charge in [-0.3, -0.25) is 14.6 Å². The van der Waals surface area contributed by atoms with E-state index in [0.29, 0.717) is 11.0 Å². The maximum atomic E-state index is 10.4. The van der Waals surface area contributed by atoms with Gasteiger partial charge in [0.25, 0.3) is 0 Å². The quantitative estimate of drug-likeness (QED) is 0.764. The molecule has 1 unspecified atom stereocenters. The molecule has 2 heterocycles. The third-order valence-electron chi connectivity index (χ3n) is 2.12. The molecule has 1 atom stereocenters. The van der Waals surface area contributed by atoms with Gasteiger partial charge in [0.1, 0.15) is 11.9 Å². The number of hydrogen-bond acceptors (Lipinski definition) is 5. The number of carbonyl (C=O) groups is 1. The average Bonchev–Trinajstić information content (AvgIpc) is 2.97. The highest BCUT2D eigenvalue weighted by molar-refractivity contribution is 7.99. The second-order valence-electron chi connectivity index (χ2n) is 3.35. The molecule has 0 aliphatic carbocycles. The number of nitrogens with one attached hydrogen (secondary N) is 1. The number of thioether (sulfide) groups is 1. The van der Waals surface area contributed by atoms with E-state index in [2.05, 4.69) is 20.3 Å². The molecule has 90 valence electrons. The largest absolute Gasteiger partial charge is 0.481 e. The van der Waals surface area contributed by atoms with Gasteiger partial charge in [-0.15, -0.1) is 5.10 Å². The normalized spacial score (nSPS) is 12.5. The van der Waals surface area contributed by atoms with E-state index < -0.39 is 5.97 Å². The minimum Gasteiger partial charge on any atom is -0.481 e. The van der Waals surface area contributed by atoms with E-state index in [0.717, 1.165) is 11.8 Å². The average molecular weight is 253 g/mol. The molecule has 17 heavy (non-hydrogen) atoms. The smallest absolute Gasteiger partial charge is 0.313 e. The maximum absolute atomic E-state index is 10.4. The molecule has 2 aromatic heterocycles. The van der Waals surface area contributed by atoms with Crippen molar-refractivity contribution in [3.63, 3.8) is 0 Å². The molecule has 0 aliphatic heterocycles. The number of carboxylic acid groups (broad SMARTS) is 1. The lowest BCUT2D eigenvalue weighted by Crippen LogP contribution is -2.08. The summed E-state index contributed by atoms with van der Waals surface area (Å²) >= 11 is 1.08. The number of rotatable bonds is 5. The first kappa shape index (κ1) is 11.6. The van der Waals surface area contributed by atoms with Crippen molar-refractivity contribution in [1.82, 2.24) is 25.0 Å². The molecule has 0 fully saturated rings. The minimum atomic E-state index is -0.888. The summed E-state index contributed by atoms with van der Waals surface area (Å²) in [5, 5.41) is 19.8. The van der Waals surface area contributed by atoms with Crippen LogP contribution in [-0.4, -0.2) is 41.8 Å². The molecule has 0 amide bonds. The fourth-order valence-electron chi connectivity index (χ4n) is 1.27. The van der Waals surface area contributed by atoms with Crippen molar-refractivity contribution < 1.29 is 9.90 Å². The molecule has 0 aromatic carbocycles. The van der Waals surface area contributed by atoms with Crippen LogP contribution in [-0.2, 0) is 4.79 Å². The highest BCUT2D eigenvalue weighted by atomic mass is 32.2. The van der Waals surface area contributed by atoms with Crippen molar-refractivity contribution in [2.45, 2.75) is 18.1 Å². The SMILES string of the molecule is CC(c1nc(SCC(=O)O)n[nH]1)n1cccn1.